The molecule has 18 heavy (non-hydrogen) atoms. The maximum atomic E-state index is 12.0. The zero-order chi connectivity index (χ0) is 14.0. The highest BCUT2D eigenvalue weighted by Crippen LogP contribution is 2.20. The first kappa shape index (κ1) is 14.9. The fourth-order valence-corrected chi connectivity index (χ4v) is 2.74. The minimum atomic E-state index is -3.76. The van der Waals surface area contributed by atoms with Gasteiger partial charge >= 0.3 is 0 Å². The Bertz CT molecular complexity index is 526. The van der Waals surface area contributed by atoms with E-state index in [-0.39, 0.29) is 11.4 Å². The first-order valence-electron chi connectivity index (χ1n) is 5.37. The number of hydrogen-bond acceptors (Lipinski definition) is 5. The van der Waals surface area contributed by atoms with Crippen molar-refractivity contribution in [2.45, 2.75) is 24.3 Å². The van der Waals surface area contributed by atoms with E-state index in [4.69, 9.17) is 10.8 Å². The molecule has 0 saturated heterocycles. The Hall–Kier alpha value is -1.15. The van der Waals surface area contributed by atoms with Gasteiger partial charge in [-0.05, 0) is 31.5 Å². The van der Waals surface area contributed by atoms with Gasteiger partial charge in [0, 0.05) is 12.2 Å². The third-order valence-electron chi connectivity index (χ3n) is 2.60. The molecule has 1 atom stereocenters. The van der Waals surface area contributed by atoms with Gasteiger partial charge in [-0.3, -0.25) is 0 Å². The van der Waals surface area contributed by atoms with E-state index in [0.29, 0.717) is 11.3 Å². The predicted molar refractivity (Wildman–Crippen MR) is 68.5 cm³/mol. The molecule has 1 aromatic rings. The van der Waals surface area contributed by atoms with E-state index in [0.717, 1.165) is 0 Å². The van der Waals surface area contributed by atoms with Gasteiger partial charge in [-0.1, -0.05) is 6.07 Å². The molecule has 0 aliphatic heterocycles. The molecular weight excluding hydrogens is 256 g/mol. The fourth-order valence-electron chi connectivity index (χ4n) is 1.31. The lowest BCUT2D eigenvalue weighted by molar-refractivity contribution is 0.00681. The van der Waals surface area contributed by atoms with Crippen LogP contribution < -0.4 is 10.5 Å². The van der Waals surface area contributed by atoms with Gasteiger partial charge in [-0.2, -0.15) is 0 Å². The van der Waals surface area contributed by atoms with E-state index in [1.807, 2.05) is 0 Å². The second-order valence-electron chi connectivity index (χ2n) is 4.45. The van der Waals surface area contributed by atoms with Crippen LogP contribution in [0.4, 0.5) is 5.69 Å². The van der Waals surface area contributed by atoms with E-state index in [1.165, 1.54) is 13.0 Å². The molecule has 0 saturated carbocycles. The van der Waals surface area contributed by atoms with E-state index in [9.17, 15) is 13.5 Å². The molecule has 1 unspecified atom stereocenters. The van der Waals surface area contributed by atoms with Crippen LogP contribution in [0.3, 0.4) is 0 Å². The summed E-state index contributed by atoms with van der Waals surface area (Å²) in [6, 6.07) is 4.58. The van der Waals surface area contributed by atoms with Gasteiger partial charge in [-0.15, -0.1) is 0 Å². The second-order valence-corrected chi connectivity index (χ2v) is 6.19. The molecule has 1 rings (SSSR count). The first-order chi connectivity index (χ1) is 8.19. The maximum Gasteiger partial charge on any atom is 0.241 e. The van der Waals surface area contributed by atoms with Crippen molar-refractivity contribution in [1.29, 1.82) is 0 Å². The molecule has 1 aromatic carbocycles. The van der Waals surface area contributed by atoms with Crippen molar-refractivity contribution in [3.8, 4) is 0 Å². The van der Waals surface area contributed by atoms with E-state index < -0.39 is 22.2 Å². The molecule has 5 N–H and O–H groups in total. The van der Waals surface area contributed by atoms with Crippen LogP contribution in [-0.2, 0) is 10.0 Å². The summed E-state index contributed by atoms with van der Waals surface area (Å²) in [5.74, 6) is 0. The van der Waals surface area contributed by atoms with Gasteiger partial charge in [0.1, 0.15) is 0 Å². The molecular formula is C11H18N2O4S. The predicted octanol–water partition coefficient (Wildman–Crippen LogP) is -0.401. The monoisotopic (exact) mass is 274 g/mol. The SMILES string of the molecule is Cc1c(N)cccc1S(=O)(=O)NCC(C)(O)CO. The maximum absolute atomic E-state index is 12.0. The van der Waals surface area contributed by atoms with Crippen molar-refractivity contribution in [3.05, 3.63) is 23.8 Å². The summed E-state index contributed by atoms with van der Waals surface area (Å²) in [5, 5.41) is 18.4. The van der Waals surface area contributed by atoms with Crippen molar-refractivity contribution in [2.75, 3.05) is 18.9 Å². The number of nitrogen functional groups attached to an aromatic ring is 1. The Morgan fingerprint density at radius 1 is 1.44 bits per heavy atom. The quantitative estimate of drug-likeness (QED) is 0.546. The highest BCUT2D eigenvalue weighted by Gasteiger charge is 2.24. The van der Waals surface area contributed by atoms with Crippen LogP contribution in [0.2, 0.25) is 0 Å². The highest BCUT2D eigenvalue weighted by molar-refractivity contribution is 7.89. The number of benzene rings is 1. The normalized spacial score (nSPS) is 15.3. The van der Waals surface area contributed by atoms with Crippen molar-refractivity contribution in [3.63, 3.8) is 0 Å². The number of nitrogens with one attached hydrogen (secondary N) is 1. The molecule has 0 heterocycles. The lowest BCUT2D eigenvalue weighted by Gasteiger charge is -2.21. The molecule has 0 bridgehead atoms. The largest absolute Gasteiger partial charge is 0.398 e. The molecule has 0 aliphatic rings. The summed E-state index contributed by atoms with van der Waals surface area (Å²) < 4.78 is 26.3. The zero-order valence-electron chi connectivity index (χ0n) is 10.3. The number of sulfonamides is 1. The van der Waals surface area contributed by atoms with Crippen LogP contribution in [0.25, 0.3) is 0 Å². The van der Waals surface area contributed by atoms with Crippen LogP contribution in [-0.4, -0.2) is 37.4 Å². The van der Waals surface area contributed by atoms with Crippen molar-refractivity contribution < 1.29 is 18.6 Å². The molecule has 0 amide bonds. The summed E-state index contributed by atoms with van der Waals surface area (Å²) in [5.41, 5.74) is 4.98. The number of anilines is 1. The second kappa shape index (κ2) is 5.23. The summed E-state index contributed by atoms with van der Waals surface area (Å²) in [7, 11) is -3.76. The molecule has 0 fully saturated rings. The molecule has 0 radical (unpaired) electrons. The topological polar surface area (TPSA) is 113 Å². The average Bonchev–Trinajstić information content (AvgIpc) is 2.30. The van der Waals surface area contributed by atoms with Gasteiger partial charge < -0.3 is 15.9 Å². The molecule has 0 aliphatic carbocycles. The third-order valence-corrected chi connectivity index (χ3v) is 4.14. The summed E-state index contributed by atoms with van der Waals surface area (Å²) in [6.07, 6.45) is 0. The highest BCUT2D eigenvalue weighted by atomic mass is 32.2. The zero-order valence-corrected chi connectivity index (χ0v) is 11.2. The minimum Gasteiger partial charge on any atom is -0.398 e. The molecule has 6 nitrogen and oxygen atoms in total. The van der Waals surface area contributed by atoms with Crippen LogP contribution in [0, 0.1) is 6.92 Å². The van der Waals surface area contributed by atoms with Gasteiger partial charge in [0.15, 0.2) is 0 Å². The van der Waals surface area contributed by atoms with E-state index in [1.54, 1.807) is 19.1 Å². The number of hydrogen-bond donors (Lipinski definition) is 4. The Morgan fingerprint density at radius 2 is 2.06 bits per heavy atom. The molecule has 102 valence electrons. The van der Waals surface area contributed by atoms with Gasteiger partial charge in [0.2, 0.25) is 10.0 Å². The van der Waals surface area contributed by atoms with Crippen molar-refractivity contribution in [2.24, 2.45) is 0 Å². The lowest BCUT2D eigenvalue weighted by atomic mass is 10.1. The third kappa shape index (κ3) is 3.42. The fraction of sp³-hybridized carbons (Fsp3) is 0.455. The lowest BCUT2D eigenvalue weighted by Crippen LogP contribution is -2.43. The van der Waals surface area contributed by atoms with Gasteiger partial charge in [0.05, 0.1) is 17.1 Å². The Labute approximate surface area is 106 Å². The first-order valence-corrected chi connectivity index (χ1v) is 6.86. The summed E-state index contributed by atoms with van der Waals surface area (Å²) in [6.45, 7) is 2.13. The van der Waals surface area contributed by atoms with Crippen molar-refractivity contribution >= 4 is 15.7 Å². The van der Waals surface area contributed by atoms with Gasteiger partial charge in [0.25, 0.3) is 0 Å². The molecule has 7 heteroatoms. The smallest absolute Gasteiger partial charge is 0.241 e. The average molecular weight is 274 g/mol. The van der Waals surface area contributed by atoms with Crippen molar-refractivity contribution in [1.82, 2.24) is 4.72 Å². The number of aliphatic hydroxyl groups excluding tert-OH is 1. The standard InChI is InChI=1S/C11H18N2O4S/c1-8-9(12)4-3-5-10(8)18(16,17)13-6-11(2,15)7-14/h3-5,13-15H,6-7,12H2,1-2H3. The number of rotatable bonds is 5. The Kier molecular flexibility index (Phi) is 4.33. The van der Waals surface area contributed by atoms with E-state index in [2.05, 4.69) is 4.72 Å². The minimum absolute atomic E-state index is 0.0660. The Balaban J connectivity index is 2.98. The van der Waals surface area contributed by atoms with Crippen LogP contribution in [0.5, 0.6) is 0 Å². The van der Waals surface area contributed by atoms with E-state index >= 15 is 0 Å². The molecule has 0 aromatic heterocycles. The summed E-state index contributed by atoms with van der Waals surface area (Å²) >= 11 is 0. The van der Waals surface area contributed by atoms with Crippen LogP contribution in [0.1, 0.15) is 12.5 Å². The Morgan fingerprint density at radius 3 is 2.61 bits per heavy atom. The van der Waals surface area contributed by atoms with Gasteiger partial charge in [-0.25, -0.2) is 13.1 Å². The number of aliphatic hydroxyl groups is 2. The number of nitrogens with two attached hydrogens (primary N) is 1. The van der Waals surface area contributed by atoms with Crippen LogP contribution in [0.15, 0.2) is 23.1 Å². The molecule has 0 spiro atoms. The van der Waals surface area contributed by atoms with Crippen LogP contribution >= 0.6 is 0 Å². The summed E-state index contributed by atoms with van der Waals surface area (Å²) in [4.78, 5) is 0.0660.